The van der Waals surface area contributed by atoms with Crippen LogP contribution in [0.2, 0.25) is 0 Å². The van der Waals surface area contributed by atoms with E-state index in [1.54, 1.807) is 30.6 Å². The van der Waals surface area contributed by atoms with Gasteiger partial charge in [-0.2, -0.15) is 18.2 Å². The summed E-state index contributed by atoms with van der Waals surface area (Å²) >= 11 is 0. The molecule has 0 radical (unpaired) electrons. The average Bonchev–Trinajstić information content (AvgIpc) is 3.21. The monoisotopic (exact) mass is 432 g/mol. The quantitative estimate of drug-likeness (QED) is 0.543. The SMILES string of the molecule is CC(C)CC(NC(=O)CCc1nc(-c2cccnc2)no1)c1cccc(C(F)(F)F)c1. The first kappa shape index (κ1) is 22.5. The van der Waals surface area contributed by atoms with E-state index >= 15 is 0 Å². The lowest BCUT2D eigenvalue weighted by Gasteiger charge is -2.22. The van der Waals surface area contributed by atoms with Gasteiger partial charge in [-0.25, -0.2) is 0 Å². The van der Waals surface area contributed by atoms with Gasteiger partial charge in [0.1, 0.15) is 0 Å². The molecule has 2 aromatic heterocycles. The van der Waals surface area contributed by atoms with Crippen LogP contribution in [0.5, 0.6) is 0 Å². The van der Waals surface area contributed by atoms with E-state index in [-0.39, 0.29) is 24.7 Å². The fourth-order valence-corrected chi connectivity index (χ4v) is 3.14. The van der Waals surface area contributed by atoms with Crippen molar-refractivity contribution in [2.24, 2.45) is 5.92 Å². The second kappa shape index (κ2) is 9.72. The smallest absolute Gasteiger partial charge is 0.349 e. The molecular weight excluding hydrogens is 409 g/mol. The maximum Gasteiger partial charge on any atom is 0.416 e. The number of amides is 1. The van der Waals surface area contributed by atoms with E-state index in [0.29, 0.717) is 29.3 Å². The molecule has 0 aliphatic carbocycles. The number of rotatable bonds is 8. The minimum Gasteiger partial charge on any atom is -0.349 e. The summed E-state index contributed by atoms with van der Waals surface area (Å²) in [5, 5.41) is 6.73. The Bertz CT molecular complexity index is 1000. The van der Waals surface area contributed by atoms with Gasteiger partial charge in [-0.05, 0) is 42.2 Å². The molecule has 0 spiro atoms. The molecule has 0 saturated carbocycles. The summed E-state index contributed by atoms with van der Waals surface area (Å²) in [5.41, 5.74) is 0.388. The van der Waals surface area contributed by atoms with Crippen LogP contribution in [0.1, 0.15) is 49.7 Å². The lowest BCUT2D eigenvalue weighted by Crippen LogP contribution is -2.30. The molecule has 2 heterocycles. The molecule has 3 aromatic rings. The Hall–Kier alpha value is -3.23. The molecule has 1 unspecified atom stereocenters. The van der Waals surface area contributed by atoms with Crippen molar-refractivity contribution in [2.45, 2.75) is 45.3 Å². The maximum absolute atomic E-state index is 13.1. The van der Waals surface area contributed by atoms with Crippen molar-refractivity contribution in [2.75, 3.05) is 0 Å². The highest BCUT2D eigenvalue weighted by Crippen LogP contribution is 2.32. The van der Waals surface area contributed by atoms with Crippen molar-refractivity contribution in [3.8, 4) is 11.4 Å². The van der Waals surface area contributed by atoms with E-state index in [0.717, 1.165) is 12.1 Å². The highest BCUT2D eigenvalue weighted by atomic mass is 19.4. The number of benzene rings is 1. The van der Waals surface area contributed by atoms with Gasteiger partial charge in [-0.1, -0.05) is 31.1 Å². The van der Waals surface area contributed by atoms with Gasteiger partial charge >= 0.3 is 6.18 Å². The van der Waals surface area contributed by atoms with Crippen molar-refractivity contribution < 1.29 is 22.5 Å². The normalized spacial score (nSPS) is 12.7. The molecule has 31 heavy (non-hydrogen) atoms. The number of hydrogen-bond donors (Lipinski definition) is 1. The van der Waals surface area contributed by atoms with Gasteiger partial charge < -0.3 is 9.84 Å². The Morgan fingerprint density at radius 2 is 2.00 bits per heavy atom. The van der Waals surface area contributed by atoms with Gasteiger partial charge in [0.25, 0.3) is 0 Å². The molecule has 0 bridgehead atoms. The van der Waals surface area contributed by atoms with Gasteiger partial charge in [-0.3, -0.25) is 9.78 Å². The van der Waals surface area contributed by atoms with Gasteiger partial charge in [0, 0.05) is 30.8 Å². The molecule has 1 amide bonds. The van der Waals surface area contributed by atoms with Crippen LogP contribution in [-0.4, -0.2) is 21.0 Å². The summed E-state index contributed by atoms with van der Waals surface area (Å²) in [6.07, 6.45) is -0.400. The summed E-state index contributed by atoms with van der Waals surface area (Å²) in [6.45, 7) is 3.90. The lowest BCUT2D eigenvalue weighted by molar-refractivity contribution is -0.137. The van der Waals surface area contributed by atoms with Crippen molar-refractivity contribution in [1.29, 1.82) is 0 Å². The van der Waals surface area contributed by atoms with Gasteiger partial charge in [-0.15, -0.1) is 0 Å². The van der Waals surface area contributed by atoms with E-state index in [4.69, 9.17) is 4.52 Å². The van der Waals surface area contributed by atoms with Gasteiger partial charge in [0.05, 0.1) is 11.6 Å². The molecule has 164 valence electrons. The molecule has 0 aliphatic heterocycles. The number of carbonyl (C=O) groups is 1. The number of pyridine rings is 1. The predicted octanol–water partition coefficient (Wildman–Crippen LogP) is 4.99. The van der Waals surface area contributed by atoms with Crippen LogP contribution >= 0.6 is 0 Å². The summed E-state index contributed by atoms with van der Waals surface area (Å²) in [7, 11) is 0. The minimum atomic E-state index is -4.44. The molecule has 0 saturated heterocycles. The molecular formula is C22H23F3N4O2. The number of halogens is 3. The minimum absolute atomic E-state index is 0.0717. The zero-order chi connectivity index (χ0) is 22.4. The second-order valence-corrected chi connectivity index (χ2v) is 7.63. The number of nitrogens with zero attached hydrogens (tertiary/aromatic N) is 3. The Morgan fingerprint density at radius 3 is 2.68 bits per heavy atom. The highest BCUT2D eigenvalue weighted by molar-refractivity contribution is 5.76. The molecule has 9 heteroatoms. The Kier molecular flexibility index (Phi) is 7.04. The molecule has 0 aliphatic rings. The number of nitrogens with one attached hydrogen (secondary N) is 1. The fourth-order valence-electron chi connectivity index (χ4n) is 3.14. The predicted molar refractivity (Wildman–Crippen MR) is 108 cm³/mol. The molecule has 1 aromatic carbocycles. The van der Waals surface area contributed by atoms with Crippen molar-refractivity contribution in [3.05, 3.63) is 65.8 Å². The number of aryl methyl sites for hydroxylation is 1. The molecule has 6 nitrogen and oxygen atoms in total. The van der Waals surface area contributed by atoms with Gasteiger partial charge in [0.2, 0.25) is 17.6 Å². The van der Waals surface area contributed by atoms with E-state index in [1.165, 1.54) is 6.07 Å². The zero-order valence-corrected chi connectivity index (χ0v) is 17.2. The lowest BCUT2D eigenvalue weighted by atomic mass is 9.95. The van der Waals surface area contributed by atoms with Crippen LogP contribution in [0.15, 0.2) is 53.3 Å². The Labute approximate surface area is 177 Å². The standard InChI is InChI=1S/C22H23F3N4O2/c1-14(2)11-18(15-5-3-7-17(12-15)22(23,24)25)27-19(30)8-9-20-28-21(29-31-20)16-6-4-10-26-13-16/h3-7,10,12-14,18H,8-9,11H2,1-2H3,(H,27,30). The first-order valence-corrected chi connectivity index (χ1v) is 9.92. The number of aromatic nitrogens is 3. The molecule has 1 N–H and O–H groups in total. The first-order chi connectivity index (χ1) is 14.7. The Morgan fingerprint density at radius 1 is 1.19 bits per heavy atom. The zero-order valence-electron chi connectivity index (χ0n) is 17.2. The van der Waals surface area contributed by atoms with E-state index in [2.05, 4.69) is 20.4 Å². The third kappa shape index (κ3) is 6.37. The van der Waals surface area contributed by atoms with Crippen molar-refractivity contribution in [3.63, 3.8) is 0 Å². The number of hydrogen-bond acceptors (Lipinski definition) is 5. The van der Waals surface area contributed by atoms with E-state index in [1.807, 2.05) is 13.8 Å². The van der Waals surface area contributed by atoms with Gasteiger partial charge in [0.15, 0.2) is 0 Å². The van der Waals surface area contributed by atoms with Crippen LogP contribution in [0.3, 0.4) is 0 Å². The van der Waals surface area contributed by atoms with E-state index in [9.17, 15) is 18.0 Å². The van der Waals surface area contributed by atoms with Crippen LogP contribution in [0, 0.1) is 5.92 Å². The summed E-state index contributed by atoms with van der Waals surface area (Å²) in [5.74, 6) is 0.556. The third-order valence-corrected chi connectivity index (χ3v) is 4.61. The number of alkyl halides is 3. The third-order valence-electron chi connectivity index (χ3n) is 4.61. The fraction of sp³-hybridized carbons (Fsp3) is 0.364. The van der Waals surface area contributed by atoms with Crippen LogP contribution in [0.4, 0.5) is 13.2 Å². The van der Waals surface area contributed by atoms with Crippen LogP contribution in [-0.2, 0) is 17.4 Å². The summed E-state index contributed by atoms with van der Waals surface area (Å²) in [4.78, 5) is 20.8. The molecule has 1 atom stereocenters. The molecule has 0 fully saturated rings. The van der Waals surface area contributed by atoms with Crippen molar-refractivity contribution in [1.82, 2.24) is 20.4 Å². The largest absolute Gasteiger partial charge is 0.416 e. The maximum atomic E-state index is 13.1. The van der Waals surface area contributed by atoms with E-state index < -0.39 is 17.8 Å². The Balaban J connectivity index is 1.64. The first-order valence-electron chi connectivity index (χ1n) is 9.92. The number of carbonyl (C=O) groups excluding carboxylic acids is 1. The topological polar surface area (TPSA) is 80.9 Å². The summed E-state index contributed by atoms with van der Waals surface area (Å²) in [6, 6.07) is 8.08. The highest BCUT2D eigenvalue weighted by Gasteiger charge is 2.31. The van der Waals surface area contributed by atoms with Crippen molar-refractivity contribution >= 4 is 5.91 Å². The summed E-state index contributed by atoms with van der Waals surface area (Å²) < 4.78 is 44.4. The average molecular weight is 432 g/mol. The molecule has 3 rings (SSSR count). The van der Waals surface area contributed by atoms with Crippen LogP contribution in [0.25, 0.3) is 11.4 Å². The second-order valence-electron chi connectivity index (χ2n) is 7.63. The van der Waals surface area contributed by atoms with Crippen LogP contribution < -0.4 is 5.32 Å².